The first-order chi connectivity index (χ1) is 15.7. The molecule has 8 heteroatoms. The van der Waals surface area contributed by atoms with Crippen molar-refractivity contribution in [3.05, 3.63) is 35.9 Å². The maximum Gasteiger partial charge on any atom is 0.408 e. The van der Waals surface area contributed by atoms with Gasteiger partial charge in [0.05, 0.1) is 6.04 Å². The summed E-state index contributed by atoms with van der Waals surface area (Å²) >= 11 is 0. The number of carbonyl (C=O) groups is 4. The van der Waals surface area contributed by atoms with Gasteiger partial charge in [-0.25, -0.2) is 4.79 Å². The van der Waals surface area contributed by atoms with E-state index in [1.807, 2.05) is 65.0 Å². The number of alkyl carbamates (subject to hydrolysis) is 1. The molecule has 3 atom stereocenters. The van der Waals surface area contributed by atoms with Crippen LogP contribution in [-0.4, -0.2) is 42.3 Å². The maximum absolute atomic E-state index is 13.0. The lowest BCUT2D eigenvalue weighted by Crippen LogP contribution is -2.55. The van der Waals surface area contributed by atoms with E-state index in [-0.39, 0.29) is 18.4 Å². The summed E-state index contributed by atoms with van der Waals surface area (Å²) in [6.07, 6.45) is 2.07. The molecular weight excluding hydrogens is 422 g/mol. The van der Waals surface area contributed by atoms with Crippen LogP contribution in [0.1, 0.15) is 65.9 Å². The normalized spacial score (nSPS) is 13.7. The SMILES string of the molecule is CCCC(C=O)NC(=O)C(CC(C)C)NC(=O)C(CC(C)C)NC(=O)OCc1ccccc1. The zero-order valence-electron chi connectivity index (χ0n) is 20.4. The van der Waals surface area contributed by atoms with Gasteiger partial charge in [-0.1, -0.05) is 71.4 Å². The number of hydrogen-bond acceptors (Lipinski definition) is 5. The summed E-state index contributed by atoms with van der Waals surface area (Å²) in [7, 11) is 0. The van der Waals surface area contributed by atoms with Crippen LogP contribution in [0.3, 0.4) is 0 Å². The van der Waals surface area contributed by atoms with E-state index in [0.29, 0.717) is 25.5 Å². The highest BCUT2D eigenvalue weighted by atomic mass is 16.5. The van der Waals surface area contributed by atoms with E-state index < -0.39 is 36.0 Å². The van der Waals surface area contributed by atoms with Crippen LogP contribution in [0.2, 0.25) is 0 Å². The first kappa shape index (κ1) is 28.1. The number of carbonyl (C=O) groups excluding carboxylic acids is 4. The van der Waals surface area contributed by atoms with Gasteiger partial charge < -0.3 is 25.5 Å². The Bertz CT molecular complexity index is 752. The molecule has 0 saturated carbocycles. The van der Waals surface area contributed by atoms with Gasteiger partial charge in [-0.2, -0.15) is 0 Å². The van der Waals surface area contributed by atoms with Crippen molar-refractivity contribution in [2.45, 2.75) is 85.0 Å². The summed E-state index contributed by atoms with van der Waals surface area (Å²) in [5.74, 6) is -0.609. The van der Waals surface area contributed by atoms with Crippen LogP contribution in [0.25, 0.3) is 0 Å². The van der Waals surface area contributed by atoms with E-state index in [4.69, 9.17) is 4.74 Å². The number of aldehydes is 1. The van der Waals surface area contributed by atoms with E-state index in [1.54, 1.807) is 0 Å². The Labute approximate surface area is 197 Å². The quantitative estimate of drug-likeness (QED) is 0.368. The molecule has 1 rings (SSSR count). The highest BCUT2D eigenvalue weighted by Crippen LogP contribution is 2.10. The minimum atomic E-state index is -0.853. The Morgan fingerprint density at radius 1 is 0.879 bits per heavy atom. The summed E-state index contributed by atoms with van der Waals surface area (Å²) in [5.41, 5.74) is 0.836. The van der Waals surface area contributed by atoms with E-state index >= 15 is 0 Å². The molecule has 0 bridgehead atoms. The number of benzene rings is 1. The predicted molar refractivity (Wildman–Crippen MR) is 127 cm³/mol. The summed E-state index contributed by atoms with van der Waals surface area (Å²) in [4.78, 5) is 49.4. The zero-order valence-corrected chi connectivity index (χ0v) is 20.4. The van der Waals surface area contributed by atoms with Crippen LogP contribution in [0.15, 0.2) is 30.3 Å². The fourth-order valence-electron chi connectivity index (χ4n) is 3.35. The molecule has 0 spiro atoms. The van der Waals surface area contributed by atoms with Gasteiger partial charge >= 0.3 is 6.09 Å². The molecule has 3 unspecified atom stereocenters. The summed E-state index contributed by atoms with van der Waals surface area (Å²) in [5, 5.41) is 8.10. The lowest BCUT2D eigenvalue weighted by atomic mass is 10.00. The van der Waals surface area contributed by atoms with Crippen LogP contribution >= 0.6 is 0 Å². The molecule has 33 heavy (non-hydrogen) atoms. The Balaban J connectivity index is 2.82. The average Bonchev–Trinajstić information content (AvgIpc) is 2.76. The predicted octanol–water partition coefficient (Wildman–Crippen LogP) is 3.34. The van der Waals surface area contributed by atoms with Crippen molar-refractivity contribution in [1.29, 1.82) is 0 Å². The number of hydrogen-bond donors (Lipinski definition) is 3. The van der Waals surface area contributed by atoms with Gasteiger partial charge in [-0.3, -0.25) is 9.59 Å². The molecule has 1 aromatic carbocycles. The van der Waals surface area contributed by atoms with Crippen LogP contribution < -0.4 is 16.0 Å². The lowest BCUT2D eigenvalue weighted by molar-refractivity contribution is -0.131. The Morgan fingerprint density at radius 3 is 1.94 bits per heavy atom. The number of nitrogens with one attached hydrogen (secondary N) is 3. The molecule has 1 aromatic rings. The van der Waals surface area contributed by atoms with Crippen LogP contribution in [0.5, 0.6) is 0 Å². The Kier molecular flexibility index (Phi) is 12.8. The number of rotatable bonds is 14. The van der Waals surface area contributed by atoms with E-state index in [2.05, 4.69) is 16.0 Å². The molecule has 0 aliphatic heterocycles. The first-order valence-electron chi connectivity index (χ1n) is 11.7. The molecule has 0 aromatic heterocycles. The third-order valence-corrected chi connectivity index (χ3v) is 4.96. The highest BCUT2D eigenvalue weighted by molar-refractivity contribution is 5.92. The zero-order chi connectivity index (χ0) is 24.8. The molecule has 0 fully saturated rings. The number of amides is 3. The monoisotopic (exact) mass is 461 g/mol. The summed E-state index contributed by atoms with van der Waals surface area (Å²) in [6, 6.07) is 6.99. The maximum atomic E-state index is 13.0. The minimum Gasteiger partial charge on any atom is -0.445 e. The van der Waals surface area contributed by atoms with Crippen LogP contribution in [0.4, 0.5) is 4.79 Å². The molecule has 184 valence electrons. The number of ether oxygens (including phenoxy) is 1. The van der Waals surface area contributed by atoms with Crippen molar-refractivity contribution in [1.82, 2.24) is 16.0 Å². The minimum absolute atomic E-state index is 0.0889. The molecule has 0 heterocycles. The molecular formula is C25H39N3O5. The summed E-state index contributed by atoms with van der Waals surface area (Å²) < 4.78 is 5.25. The third kappa shape index (κ3) is 11.5. The largest absolute Gasteiger partial charge is 0.445 e. The van der Waals surface area contributed by atoms with Gasteiger partial charge in [-0.15, -0.1) is 0 Å². The van der Waals surface area contributed by atoms with Crippen molar-refractivity contribution in [3.63, 3.8) is 0 Å². The fraction of sp³-hybridized carbons (Fsp3) is 0.600. The summed E-state index contributed by atoms with van der Waals surface area (Å²) in [6.45, 7) is 9.78. The van der Waals surface area contributed by atoms with Crippen molar-refractivity contribution in [2.24, 2.45) is 11.8 Å². The van der Waals surface area contributed by atoms with Crippen molar-refractivity contribution in [2.75, 3.05) is 0 Å². The van der Waals surface area contributed by atoms with Gasteiger partial charge in [0.15, 0.2) is 0 Å². The van der Waals surface area contributed by atoms with Crippen LogP contribution in [0, 0.1) is 11.8 Å². The Morgan fingerprint density at radius 2 is 1.42 bits per heavy atom. The van der Waals surface area contributed by atoms with E-state index in [1.165, 1.54) is 0 Å². The smallest absolute Gasteiger partial charge is 0.408 e. The van der Waals surface area contributed by atoms with Crippen LogP contribution in [-0.2, 0) is 25.7 Å². The molecule has 3 amide bonds. The molecule has 0 aliphatic rings. The van der Waals surface area contributed by atoms with Gasteiger partial charge in [0.25, 0.3) is 0 Å². The fourth-order valence-corrected chi connectivity index (χ4v) is 3.35. The average molecular weight is 462 g/mol. The second kappa shape index (κ2) is 15.0. The molecule has 0 saturated heterocycles. The van der Waals surface area contributed by atoms with E-state index in [0.717, 1.165) is 12.0 Å². The van der Waals surface area contributed by atoms with Gasteiger partial charge in [0.1, 0.15) is 25.0 Å². The molecule has 0 radical (unpaired) electrons. The van der Waals surface area contributed by atoms with Gasteiger partial charge in [0, 0.05) is 0 Å². The lowest BCUT2D eigenvalue weighted by Gasteiger charge is -2.25. The second-order valence-electron chi connectivity index (χ2n) is 9.12. The van der Waals surface area contributed by atoms with Crippen molar-refractivity contribution < 1.29 is 23.9 Å². The van der Waals surface area contributed by atoms with Gasteiger partial charge in [-0.05, 0) is 36.7 Å². The third-order valence-electron chi connectivity index (χ3n) is 4.96. The van der Waals surface area contributed by atoms with E-state index in [9.17, 15) is 19.2 Å². The second-order valence-corrected chi connectivity index (χ2v) is 9.12. The first-order valence-corrected chi connectivity index (χ1v) is 11.7. The highest BCUT2D eigenvalue weighted by Gasteiger charge is 2.29. The molecule has 0 aliphatic carbocycles. The Hall–Kier alpha value is -2.90. The molecule has 8 nitrogen and oxygen atoms in total. The van der Waals surface area contributed by atoms with Crippen molar-refractivity contribution in [3.8, 4) is 0 Å². The molecule has 3 N–H and O–H groups in total. The van der Waals surface area contributed by atoms with Gasteiger partial charge in [0.2, 0.25) is 11.8 Å². The topological polar surface area (TPSA) is 114 Å². The van der Waals surface area contributed by atoms with Crippen molar-refractivity contribution >= 4 is 24.2 Å². The standard InChI is InChI=1S/C25H39N3O5/c1-6-10-20(15-29)26-23(30)21(13-17(2)3)27-24(31)22(14-18(4)5)28-25(32)33-16-19-11-8-7-9-12-19/h7-9,11-12,15,17-18,20-22H,6,10,13-14,16H2,1-5H3,(H,26,30)(H,27,31)(H,28,32).